The van der Waals surface area contributed by atoms with E-state index < -0.39 is 0 Å². The molecular formula is C43H25N3S. The van der Waals surface area contributed by atoms with Crippen molar-refractivity contribution < 1.29 is 0 Å². The zero-order valence-corrected chi connectivity index (χ0v) is 26.0. The minimum atomic E-state index is 0.661. The molecular weight excluding hydrogens is 591 g/mol. The summed E-state index contributed by atoms with van der Waals surface area (Å²) in [5, 5.41) is 5.27. The molecule has 0 radical (unpaired) electrons. The maximum Gasteiger partial charge on any atom is 0.164 e. The molecule has 0 unspecified atom stereocenters. The van der Waals surface area contributed by atoms with E-state index in [1.165, 1.54) is 58.8 Å². The SMILES string of the molecule is c1ccc(-c2ccc(-c3nc(-c4ccccc4)nc(-c4ccc5c(c4)sc4cc6c7c(cccc7c45)-c4ccccc4-6)n3)cc2)cc1. The lowest BCUT2D eigenvalue weighted by Crippen LogP contribution is -2.00. The average molecular weight is 616 g/mol. The first kappa shape index (κ1) is 26.3. The summed E-state index contributed by atoms with van der Waals surface area (Å²) < 4.78 is 2.53. The Morgan fingerprint density at radius 1 is 0.319 bits per heavy atom. The fourth-order valence-corrected chi connectivity index (χ4v) is 8.27. The van der Waals surface area contributed by atoms with Crippen molar-refractivity contribution in [2.45, 2.75) is 0 Å². The van der Waals surface area contributed by atoms with Gasteiger partial charge in [-0.05, 0) is 56.3 Å². The maximum atomic E-state index is 5.05. The highest BCUT2D eigenvalue weighted by Crippen LogP contribution is 2.51. The molecule has 9 aromatic rings. The standard InChI is InChI=1S/C43H25N3S/c1-3-10-26(11-4-1)27-18-20-29(21-19-27)42-44-41(28-12-5-2-6-13-28)45-43(46-42)30-22-23-34-37(24-30)47-38-25-36-32-15-8-7-14-31(32)33-16-9-17-35(39(33)36)40(34)38/h1-25H. The lowest BCUT2D eigenvalue weighted by molar-refractivity contribution is 1.07. The molecule has 0 saturated heterocycles. The second-order valence-electron chi connectivity index (χ2n) is 12.0. The topological polar surface area (TPSA) is 38.7 Å². The molecule has 0 spiro atoms. The van der Waals surface area contributed by atoms with Gasteiger partial charge in [0, 0.05) is 36.9 Å². The van der Waals surface area contributed by atoms with E-state index in [4.69, 9.17) is 15.0 Å². The molecule has 3 nitrogen and oxygen atoms in total. The van der Waals surface area contributed by atoms with E-state index in [1.54, 1.807) is 0 Å². The van der Waals surface area contributed by atoms with Crippen molar-refractivity contribution in [3.63, 3.8) is 0 Å². The molecule has 0 N–H and O–H groups in total. The van der Waals surface area contributed by atoms with Crippen LogP contribution in [-0.4, -0.2) is 15.0 Å². The van der Waals surface area contributed by atoms with Crippen molar-refractivity contribution in [2.75, 3.05) is 0 Å². The number of thiophene rings is 1. The highest BCUT2D eigenvalue weighted by molar-refractivity contribution is 7.26. The van der Waals surface area contributed by atoms with E-state index >= 15 is 0 Å². The van der Waals surface area contributed by atoms with Crippen molar-refractivity contribution >= 4 is 42.3 Å². The summed E-state index contributed by atoms with van der Waals surface area (Å²) in [7, 11) is 0. The number of fused-ring (bicyclic) bond motifs is 7. The third kappa shape index (κ3) is 4.16. The Bertz CT molecular complexity index is 2660. The molecule has 0 bridgehead atoms. The molecule has 0 saturated carbocycles. The molecule has 0 atom stereocenters. The smallest absolute Gasteiger partial charge is 0.164 e. The molecule has 0 aliphatic heterocycles. The average Bonchev–Trinajstić information content (AvgIpc) is 3.68. The molecule has 218 valence electrons. The van der Waals surface area contributed by atoms with E-state index in [1.807, 2.05) is 35.6 Å². The summed E-state index contributed by atoms with van der Waals surface area (Å²) in [6, 6.07) is 53.6. The van der Waals surface area contributed by atoms with E-state index in [9.17, 15) is 0 Å². The first-order valence-corrected chi connectivity index (χ1v) is 16.6. The van der Waals surface area contributed by atoms with Gasteiger partial charge in [-0.2, -0.15) is 0 Å². The molecule has 1 aliphatic carbocycles. The zero-order chi connectivity index (χ0) is 30.9. The molecule has 0 fully saturated rings. The molecule has 47 heavy (non-hydrogen) atoms. The van der Waals surface area contributed by atoms with E-state index in [-0.39, 0.29) is 0 Å². The number of hydrogen-bond donors (Lipinski definition) is 0. The number of nitrogens with zero attached hydrogens (tertiary/aromatic N) is 3. The van der Waals surface area contributed by atoms with Crippen LogP contribution in [0.2, 0.25) is 0 Å². The van der Waals surface area contributed by atoms with Gasteiger partial charge in [-0.25, -0.2) is 15.0 Å². The van der Waals surface area contributed by atoms with Gasteiger partial charge in [-0.3, -0.25) is 0 Å². The van der Waals surface area contributed by atoms with Gasteiger partial charge in [-0.1, -0.05) is 140 Å². The van der Waals surface area contributed by atoms with Crippen molar-refractivity contribution in [3.8, 4) is 67.5 Å². The Balaban J connectivity index is 1.13. The third-order valence-electron chi connectivity index (χ3n) is 9.28. The fraction of sp³-hybridized carbons (Fsp3) is 0. The molecule has 1 aliphatic rings. The number of rotatable bonds is 4. The van der Waals surface area contributed by atoms with Crippen LogP contribution in [-0.2, 0) is 0 Å². The Morgan fingerprint density at radius 2 is 0.851 bits per heavy atom. The minimum absolute atomic E-state index is 0.661. The van der Waals surface area contributed by atoms with E-state index in [2.05, 4.69) is 127 Å². The van der Waals surface area contributed by atoms with Gasteiger partial charge in [0.1, 0.15) is 0 Å². The van der Waals surface area contributed by atoms with Gasteiger partial charge in [0.15, 0.2) is 17.5 Å². The third-order valence-corrected chi connectivity index (χ3v) is 10.4. The zero-order valence-electron chi connectivity index (χ0n) is 25.2. The number of hydrogen-bond acceptors (Lipinski definition) is 4. The van der Waals surface area contributed by atoms with Crippen LogP contribution in [0.15, 0.2) is 152 Å². The summed E-state index contributed by atoms with van der Waals surface area (Å²) in [4.78, 5) is 15.0. The van der Waals surface area contributed by atoms with Gasteiger partial charge in [0.25, 0.3) is 0 Å². The van der Waals surface area contributed by atoms with Crippen LogP contribution in [0.5, 0.6) is 0 Å². The van der Waals surface area contributed by atoms with Crippen molar-refractivity contribution in [1.82, 2.24) is 15.0 Å². The fourth-order valence-electron chi connectivity index (χ4n) is 7.07. The molecule has 4 heteroatoms. The predicted octanol–water partition coefficient (Wildman–Crippen LogP) is 11.7. The van der Waals surface area contributed by atoms with Crippen LogP contribution < -0.4 is 0 Å². The Morgan fingerprint density at radius 3 is 1.57 bits per heavy atom. The van der Waals surface area contributed by atoms with Gasteiger partial charge in [0.2, 0.25) is 0 Å². The van der Waals surface area contributed by atoms with E-state index in [0.29, 0.717) is 17.5 Å². The lowest BCUT2D eigenvalue weighted by atomic mass is 9.98. The largest absolute Gasteiger partial charge is 0.208 e. The first-order chi connectivity index (χ1) is 23.3. The monoisotopic (exact) mass is 615 g/mol. The van der Waals surface area contributed by atoms with Crippen molar-refractivity contribution in [1.29, 1.82) is 0 Å². The normalized spacial score (nSPS) is 11.8. The molecule has 2 heterocycles. The van der Waals surface area contributed by atoms with Crippen LogP contribution in [0, 0.1) is 0 Å². The van der Waals surface area contributed by atoms with Gasteiger partial charge >= 0.3 is 0 Å². The molecule has 2 aromatic heterocycles. The van der Waals surface area contributed by atoms with Crippen molar-refractivity contribution in [3.05, 3.63) is 152 Å². The minimum Gasteiger partial charge on any atom is -0.208 e. The van der Waals surface area contributed by atoms with Crippen LogP contribution >= 0.6 is 11.3 Å². The summed E-state index contributed by atoms with van der Waals surface area (Å²) in [6.07, 6.45) is 0. The molecule has 10 rings (SSSR count). The Labute approximate surface area is 275 Å². The van der Waals surface area contributed by atoms with Crippen LogP contribution in [0.25, 0.3) is 98.5 Å². The highest BCUT2D eigenvalue weighted by atomic mass is 32.1. The maximum absolute atomic E-state index is 5.05. The Kier molecular flexibility index (Phi) is 5.74. The van der Waals surface area contributed by atoms with Gasteiger partial charge < -0.3 is 0 Å². The summed E-state index contributed by atoms with van der Waals surface area (Å²) in [5.41, 5.74) is 10.6. The lowest BCUT2D eigenvalue weighted by Gasteiger charge is -2.09. The van der Waals surface area contributed by atoms with Crippen LogP contribution in [0.1, 0.15) is 0 Å². The second-order valence-corrected chi connectivity index (χ2v) is 13.1. The van der Waals surface area contributed by atoms with Crippen LogP contribution in [0.4, 0.5) is 0 Å². The summed E-state index contributed by atoms with van der Waals surface area (Å²) >= 11 is 1.84. The Hall–Kier alpha value is -5.97. The second kappa shape index (κ2) is 10.3. The summed E-state index contributed by atoms with van der Waals surface area (Å²) in [6.45, 7) is 0. The van der Waals surface area contributed by atoms with Gasteiger partial charge in [0.05, 0.1) is 0 Å². The number of benzene rings is 7. The quantitative estimate of drug-likeness (QED) is 0.198. The van der Waals surface area contributed by atoms with Crippen LogP contribution in [0.3, 0.4) is 0 Å². The predicted molar refractivity (Wildman–Crippen MR) is 196 cm³/mol. The van der Waals surface area contributed by atoms with E-state index in [0.717, 1.165) is 22.3 Å². The first-order valence-electron chi connectivity index (χ1n) is 15.8. The van der Waals surface area contributed by atoms with Crippen molar-refractivity contribution in [2.24, 2.45) is 0 Å². The highest BCUT2D eigenvalue weighted by Gasteiger charge is 2.24. The summed E-state index contributed by atoms with van der Waals surface area (Å²) in [5.74, 6) is 2.00. The number of aromatic nitrogens is 3. The van der Waals surface area contributed by atoms with Gasteiger partial charge in [-0.15, -0.1) is 11.3 Å². The molecule has 7 aromatic carbocycles. The molecule has 0 amide bonds.